The summed E-state index contributed by atoms with van der Waals surface area (Å²) < 4.78 is 0. The van der Waals surface area contributed by atoms with Crippen molar-refractivity contribution in [1.82, 2.24) is 0 Å². The first-order valence-corrected chi connectivity index (χ1v) is 0. The van der Waals surface area contributed by atoms with Crippen LogP contribution in [0, 0.1) is 0 Å². The zero-order valence-corrected chi connectivity index (χ0v) is 4.10. The fourth-order valence-corrected chi connectivity index (χ4v) is 0. The van der Waals surface area contributed by atoms with E-state index in [0.717, 1.165) is 0 Å². The zero-order valence-electron chi connectivity index (χ0n) is 2.37. The summed E-state index contributed by atoms with van der Waals surface area (Å²) in [5.74, 6) is 0. The molecule has 0 unspecified atom stereocenters. The zero-order chi connectivity index (χ0) is 0. The van der Waals surface area contributed by atoms with Crippen molar-refractivity contribution < 1.29 is 43.8 Å². The van der Waals surface area contributed by atoms with E-state index in [4.69, 9.17) is 0 Å². The molecule has 0 radical (unpaired) electrons. The Balaban J connectivity index is 0. The van der Waals surface area contributed by atoms with Gasteiger partial charge in [0.15, 0.2) is 0 Å². The molecule has 0 aromatic rings. The molecule has 0 aromatic heterocycles. The second-order valence-corrected chi connectivity index (χ2v) is 0. The molecule has 0 fully saturated rings. The van der Waals surface area contributed by atoms with E-state index in [1.807, 2.05) is 0 Å². The van der Waals surface area contributed by atoms with Crippen LogP contribution in [0.2, 0.25) is 0 Å². The van der Waals surface area contributed by atoms with E-state index in [-0.39, 0.29) is 43.8 Å². The van der Waals surface area contributed by atoms with Crippen LogP contribution in [-0.2, 0) is 19.5 Å². The molecule has 0 bridgehead atoms. The Kier molecular flexibility index (Phi) is 343000. The third-order valence-electron chi connectivity index (χ3n) is 0. The smallest absolute Gasteiger partial charge is 1.00 e. The van der Waals surface area contributed by atoms with Crippen molar-refractivity contribution in [2.24, 2.45) is 0 Å². The molecule has 0 heterocycles. The van der Waals surface area contributed by atoms with Gasteiger partial charge in [-0.25, -0.2) is 0 Å². The van der Waals surface area contributed by atoms with E-state index in [2.05, 4.69) is 0 Å². The first-order valence-electron chi connectivity index (χ1n) is 0. The third kappa shape index (κ3) is 510. The molecule has 0 aromatic carbocycles. The van der Waals surface area contributed by atoms with Crippen molar-refractivity contribution >= 4 is 0 Å². The van der Waals surface area contributed by atoms with Gasteiger partial charge in [0.25, 0.3) is 0 Å². The van der Waals surface area contributed by atoms with Gasteiger partial charge in [0.1, 0.15) is 0 Å². The normalized spacial score (nSPS) is 0. The minimum absolute atomic E-state index is 0. The largest absolute Gasteiger partial charge is 4.00 e. The van der Waals surface area contributed by atoms with Crippen molar-refractivity contribution in [2.45, 2.75) is 0 Å². The molecule has 1 nitrogen and oxygen atoms in total. The van der Waals surface area contributed by atoms with Crippen LogP contribution in [0.5, 0.6) is 0 Å². The monoisotopic (exact) mass is 196 g/mol. The summed E-state index contributed by atoms with van der Waals surface area (Å²) in [5.41, 5.74) is 0. The van der Waals surface area contributed by atoms with Crippen LogP contribution in [0.25, 0.3) is 0 Å². The van der Waals surface area contributed by atoms with Crippen molar-refractivity contribution in [2.75, 3.05) is 0 Å². The van der Waals surface area contributed by atoms with E-state index in [9.17, 15) is 0 Å². The molecule has 0 amide bonds. The van der Waals surface area contributed by atoms with Gasteiger partial charge in [-0.2, -0.15) is 0 Å². The van der Waals surface area contributed by atoms with Gasteiger partial charge in [-0.15, -0.1) is 0 Å². The number of halogens is 4. The van der Waals surface area contributed by atoms with Gasteiger partial charge in [0.05, 0.1) is 0 Å². The Morgan fingerprint density at radius 3 is 0.500 bits per heavy atom. The van der Waals surface area contributed by atoms with Crippen molar-refractivity contribution in [3.63, 3.8) is 0 Å². The van der Waals surface area contributed by atoms with Gasteiger partial charge in [0.2, 0.25) is 0 Å². The van der Waals surface area contributed by atoms with Crippen LogP contribution in [0.3, 0.4) is 0 Å². The number of hydrogen-bond acceptors (Lipinski definition) is 0. The minimum Gasteiger partial charge on any atom is -1.00 e. The van der Waals surface area contributed by atoms with Gasteiger partial charge in [0, 0.05) is 0 Å². The summed E-state index contributed by atoms with van der Waals surface area (Å²) in [6.07, 6.45) is 0. The van der Waals surface area contributed by atoms with Crippen molar-refractivity contribution in [1.29, 1.82) is 0 Å². The summed E-state index contributed by atoms with van der Waals surface area (Å²) in [4.78, 5) is 0. The quantitative estimate of drug-likeness (QED) is 0.271. The number of hydrogen-bond donors (Lipinski definition) is 0. The molecule has 44 valence electrons. The van der Waals surface area contributed by atoms with Gasteiger partial charge in [-0.1, -0.05) is 0 Å². The summed E-state index contributed by atoms with van der Waals surface area (Å²) >= 11 is 0. The molecule has 0 saturated carbocycles. The topological polar surface area (TPSA) is 31.5 Å². The Morgan fingerprint density at radius 1 is 0.500 bits per heavy atom. The van der Waals surface area contributed by atoms with Crippen molar-refractivity contribution in [3.8, 4) is 0 Å². The Labute approximate surface area is 44.6 Å². The molecule has 0 aliphatic carbocycles. The Hall–Kier alpha value is 0.303. The van der Waals surface area contributed by atoms with Crippen LogP contribution in [0.15, 0.2) is 0 Å². The molecular formula is H2F4ORu. The first kappa shape index (κ1) is 1930. The molecule has 6 heavy (non-hydrogen) atoms. The Morgan fingerprint density at radius 2 is 0.500 bits per heavy atom. The maximum Gasteiger partial charge on any atom is 4.00 e. The molecule has 0 rings (SSSR count). The van der Waals surface area contributed by atoms with Crippen LogP contribution in [0.4, 0.5) is 0 Å². The van der Waals surface area contributed by atoms with Gasteiger partial charge in [-0.3, -0.25) is 0 Å². The number of rotatable bonds is 0. The average molecular weight is 195 g/mol. The standard InChI is InChI=1S/4FH.H2O.Ru/h4*1H;1H2;/q;;;;;+4/p-4. The maximum atomic E-state index is 0. The van der Waals surface area contributed by atoms with Crippen LogP contribution >= 0.6 is 0 Å². The van der Waals surface area contributed by atoms with E-state index >= 15 is 0 Å². The first-order chi connectivity index (χ1) is 0. The fraction of sp³-hybridized carbons (Fsp3) is 0. The summed E-state index contributed by atoms with van der Waals surface area (Å²) in [6.45, 7) is 0. The molecule has 0 saturated heterocycles. The van der Waals surface area contributed by atoms with Crippen LogP contribution in [0.1, 0.15) is 0 Å². The molecule has 0 atom stereocenters. The van der Waals surface area contributed by atoms with Crippen LogP contribution < -0.4 is 18.8 Å². The summed E-state index contributed by atoms with van der Waals surface area (Å²) in [6, 6.07) is 0. The molecule has 2 N–H and O–H groups in total. The van der Waals surface area contributed by atoms with E-state index in [1.54, 1.807) is 0 Å². The summed E-state index contributed by atoms with van der Waals surface area (Å²) in [5, 5.41) is 0. The molecule has 0 spiro atoms. The third-order valence-corrected chi connectivity index (χ3v) is 0. The van der Waals surface area contributed by atoms with E-state index < -0.39 is 0 Å². The Bertz CT molecular complexity index is 7.51. The minimum atomic E-state index is 0. The van der Waals surface area contributed by atoms with Crippen molar-refractivity contribution in [3.05, 3.63) is 0 Å². The predicted molar refractivity (Wildman–Crippen MR) is 3.61 cm³/mol. The molecule has 0 aliphatic rings. The van der Waals surface area contributed by atoms with Gasteiger partial charge < -0.3 is 24.3 Å². The van der Waals surface area contributed by atoms with Gasteiger partial charge in [-0.05, 0) is 0 Å². The molecule has 0 aliphatic heterocycles. The van der Waals surface area contributed by atoms with Crippen LogP contribution in [-0.4, -0.2) is 5.48 Å². The second kappa shape index (κ2) is 1070. The van der Waals surface area contributed by atoms with E-state index in [0.29, 0.717) is 0 Å². The summed E-state index contributed by atoms with van der Waals surface area (Å²) in [7, 11) is 0. The molecule has 6 heteroatoms. The second-order valence-electron chi connectivity index (χ2n) is 0. The maximum absolute atomic E-state index is 0. The fourth-order valence-electron chi connectivity index (χ4n) is 0. The molecular weight excluding hydrogens is 193 g/mol. The van der Waals surface area contributed by atoms with E-state index in [1.165, 1.54) is 0 Å². The predicted octanol–water partition coefficient (Wildman–Crippen LogP) is -12.8. The average Bonchev–Trinajstić information content (AvgIpc) is 0. The SMILES string of the molecule is O.[F-].[F-].[F-].[F-].[Ru+4]. The van der Waals surface area contributed by atoms with Gasteiger partial charge >= 0.3 is 19.5 Å².